The van der Waals surface area contributed by atoms with Gasteiger partial charge in [0.05, 0.1) is 7.11 Å². The maximum absolute atomic E-state index is 11.8. The molecule has 0 aliphatic carbocycles. The van der Waals surface area contributed by atoms with Crippen molar-refractivity contribution in [1.82, 2.24) is 5.32 Å². The summed E-state index contributed by atoms with van der Waals surface area (Å²) in [5.41, 5.74) is 8.18. The first kappa shape index (κ1) is 14.7. The lowest BCUT2D eigenvalue weighted by Gasteiger charge is -2.08. The molecule has 2 aromatic rings. The molecule has 0 unspecified atom stereocenters. The van der Waals surface area contributed by atoms with E-state index < -0.39 is 0 Å². The van der Waals surface area contributed by atoms with E-state index >= 15 is 0 Å². The Labute approximate surface area is 124 Å². The Hall–Kier alpha value is -2.75. The van der Waals surface area contributed by atoms with Gasteiger partial charge >= 0.3 is 0 Å². The van der Waals surface area contributed by atoms with Crippen molar-refractivity contribution < 1.29 is 9.53 Å². The highest BCUT2D eigenvalue weighted by atomic mass is 16.5. The van der Waals surface area contributed by atoms with Crippen LogP contribution >= 0.6 is 0 Å². The minimum absolute atomic E-state index is 0.155. The smallest absolute Gasteiger partial charge is 0.244 e. The van der Waals surface area contributed by atoms with Crippen LogP contribution in [0.15, 0.2) is 54.6 Å². The van der Waals surface area contributed by atoms with Crippen LogP contribution in [0.5, 0.6) is 5.75 Å². The van der Waals surface area contributed by atoms with E-state index in [0.717, 1.165) is 16.9 Å². The van der Waals surface area contributed by atoms with Crippen molar-refractivity contribution in [2.75, 3.05) is 12.8 Å². The van der Waals surface area contributed by atoms with E-state index in [-0.39, 0.29) is 5.91 Å². The van der Waals surface area contributed by atoms with Crippen LogP contribution in [0, 0.1) is 0 Å². The molecule has 21 heavy (non-hydrogen) atoms. The molecule has 108 valence electrons. The molecule has 0 heterocycles. The Balaban J connectivity index is 1.91. The van der Waals surface area contributed by atoms with Gasteiger partial charge in [-0.1, -0.05) is 30.3 Å². The summed E-state index contributed by atoms with van der Waals surface area (Å²) in [6, 6.07) is 14.9. The molecule has 0 aromatic heterocycles. The number of ether oxygens (including phenoxy) is 1. The van der Waals surface area contributed by atoms with E-state index in [0.29, 0.717) is 12.2 Å². The molecule has 0 spiro atoms. The summed E-state index contributed by atoms with van der Waals surface area (Å²) in [5.74, 6) is 0.609. The topological polar surface area (TPSA) is 64.3 Å². The van der Waals surface area contributed by atoms with Gasteiger partial charge in [-0.3, -0.25) is 4.79 Å². The number of carbonyl (C=O) groups is 1. The Bertz CT molecular complexity index is 633. The lowest BCUT2D eigenvalue weighted by atomic mass is 10.2. The van der Waals surface area contributed by atoms with E-state index in [4.69, 9.17) is 10.5 Å². The highest BCUT2D eigenvalue weighted by Crippen LogP contribution is 2.16. The fraction of sp³-hybridized carbons (Fsp3) is 0.118. The van der Waals surface area contributed by atoms with Crippen molar-refractivity contribution in [2.24, 2.45) is 0 Å². The van der Waals surface area contributed by atoms with Gasteiger partial charge in [-0.25, -0.2) is 0 Å². The zero-order chi connectivity index (χ0) is 15.1. The normalized spacial score (nSPS) is 10.5. The van der Waals surface area contributed by atoms with Crippen molar-refractivity contribution in [3.63, 3.8) is 0 Å². The van der Waals surface area contributed by atoms with Crippen molar-refractivity contribution in [1.29, 1.82) is 0 Å². The fourth-order valence-corrected chi connectivity index (χ4v) is 1.87. The number of para-hydroxylation sites is 1. The highest BCUT2D eigenvalue weighted by molar-refractivity contribution is 5.91. The summed E-state index contributed by atoms with van der Waals surface area (Å²) in [5, 5.41) is 2.82. The molecule has 0 atom stereocenters. The predicted octanol–water partition coefficient (Wildman–Crippen LogP) is 2.61. The van der Waals surface area contributed by atoms with Gasteiger partial charge in [0.25, 0.3) is 0 Å². The molecule has 0 aliphatic heterocycles. The number of nitrogens with two attached hydrogens (primary N) is 1. The molecule has 4 heteroatoms. The molecule has 4 nitrogen and oxygen atoms in total. The van der Waals surface area contributed by atoms with Gasteiger partial charge in [0.2, 0.25) is 5.91 Å². The fourth-order valence-electron chi connectivity index (χ4n) is 1.87. The lowest BCUT2D eigenvalue weighted by molar-refractivity contribution is -0.116. The predicted molar refractivity (Wildman–Crippen MR) is 84.7 cm³/mol. The first-order valence-electron chi connectivity index (χ1n) is 6.62. The third-order valence-corrected chi connectivity index (χ3v) is 3.01. The number of hydrogen-bond donors (Lipinski definition) is 2. The van der Waals surface area contributed by atoms with Gasteiger partial charge in [0, 0.05) is 23.9 Å². The quantitative estimate of drug-likeness (QED) is 0.654. The van der Waals surface area contributed by atoms with Crippen LogP contribution in [0.4, 0.5) is 5.69 Å². The maximum Gasteiger partial charge on any atom is 0.244 e. The zero-order valence-corrected chi connectivity index (χ0v) is 11.9. The first-order valence-corrected chi connectivity index (χ1v) is 6.62. The average molecular weight is 282 g/mol. The van der Waals surface area contributed by atoms with Gasteiger partial charge in [-0.2, -0.15) is 0 Å². The lowest BCUT2D eigenvalue weighted by Crippen LogP contribution is -2.20. The number of anilines is 1. The first-order chi connectivity index (χ1) is 10.2. The number of methoxy groups -OCH3 is 1. The standard InChI is InChI=1S/C17H18N2O2/c1-21-16-5-3-2-4-14(16)12-19-17(20)11-8-13-6-9-15(18)10-7-13/h2-11H,12,18H2,1H3,(H,19,20)/b11-8+. The summed E-state index contributed by atoms with van der Waals surface area (Å²) < 4.78 is 5.24. The summed E-state index contributed by atoms with van der Waals surface area (Å²) in [7, 11) is 1.61. The van der Waals surface area contributed by atoms with E-state index in [1.807, 2.05) is 36.4 Å². The van der Waals surface area contributed by atoms with Crippen LogP contribution in [0.2, 0.25) is 0 Å². The Morgan fingerprint density at radius 1 is 1.19 bits per heavy atom. The van der Waals surface area contributed by atoms with E-state index in [9.17, 15) is 4.79 Å². The number of benzene rings is 2. The van der Waals surface area contributed by atoms with Crippen molar-refractivity contribution in [3.8, 4) is 5.75 Å². The number of rotatable bonds is 5. The number of hydrogen-bond acceptors (Lipinski definition) is 3. The molecule has 2 aromatic carbocycles. The van der Waals surface area contributed by atoms with Crippen LogP contribution in [-0.4, -0.2) is 13.0 Å². The summed E-state index contributed by atoms with van der Waals surface area (Å²) in [6.45, 7) is 0.426. The number of nitrogens with one attached hydrogen (secondary N) is 1. The van der Waals surface area contributed by atoms with Crippen LogP contribution in [0.25, 0.3) is 6.08 Å². The summed E-state index contributed by atoms with van der Waals surface area (Å²) >= 11 is 0. The van der Waals surface area contributed by atoms with Gasteiger partial charge in [0.15, 0.2) is 0 Å². The monoisotopic (exact) mass is 282 g/mol. The van der Waals surface area contributed by atoms with E-state index in [2.05, 4.69) is 5.32 Å². The van der Waals surface area contributed by atoms with Crippen molar-refractivity contribution >= 4 is 17.7 Å². The SMILES string of the molecule is COc1ccccc1CNC(=O)/C=C/c1ccc(N)cc1. The third-order valence-electron chi connectivity index (χ3n) is 3.01. The Morgan fingerprint density at radius 3 is 2.62 bits per heavy atom. The molecule has 0 bridgehead atoms. The molecular formula is C17H18N2O2. The van der Waals surface area contributed by atoms with Crippen LogP contribution in [-0.2, 0) is 11.3 Å². The molecular weight excluding hydrogens is 264 g/mol. The average Bonchev–Trinajstić information content (AvgIpc) is 2.52. The molecule has 0 radical (unpaired) electrons. The maximum atomic E-state index is 11.8. The van der Waals surface area contributed by atoms with Gasteiger partial charge in [-0.15, -0.1) is 0 Å². The summed E-state index contributed by atoms with van der Waals surface area (Å²) in [4.78, 5) is 11.8. The van der Waals surface area contributed by atoms with Gasteiger partial charge in [-0.05, 0) is 29.8 Å². The molecule has 0 saturated carbocycles. The molecule has 0 fully saturated rings. The van der Waals surface area contributed by atoms with Gasteiger partial charge < -0.3 is 15.8 Å². The van der Waals surface area contributed by atoms with Crippen LogP contribution in [0.1, 0.15) is 11.1 Å². The second-order valence-corrected chi connectivity index (χ2v) is 4.53. The molecule has 3 N–H and O–H groups in total. The molecule has 1 amide bonds. The second-order valence-electron chi connectivity index (χ2n) is 4.53. The van der Waals surface area contributed by atoms with Gasteiger partial charge in [0.1, 0.15) is 5.75 Å². The zero-order valence-electron chi connectivity index (χ0n) is 11.9. The number of carbonyl (C=O) groups excluding carboxylic acids is 1. The largest absolute Gasteiger partial charge is 0.496 e. The van der Waals surface area contributed by atoms with Crippen molar-refractivity contribution in [3.05, 3.63) is 65.7 Å². The Morgan fingerprint density at radius 2 is 1.90 bits per heavy atom. The highest BCUT2D eigenvalue weighted by Gasteiger charge is 2.02. The molecule has 0 saturated heterocycles. The van der Waals surface area contributed by atoms with E-state index in [1.165, 1.54) is 6.08 Å². The van der Waals surface area contributed by atoms with Crippen LogP contribution < -0.4 is 15.8 Å². The van der Waals surface area contributed by atoms with Crippen molar-refractivity contribution in [2.45, 2.75) is 6.54 Å². The minimum atomic E-state index is -0.155. The number of amides is 1. The summed E-state index contributed by atoms with van der Waals surface area (Å²) in [6.07, 6.45) is 3.25. The number of nitrogen functional groups attached to an aromatic ring is 1. The minimum Gasteiger partial charge on any atom is -0.496 e. The van der Waals surface area contributed by atoms with Crippen LogP contribution in [0.3, 0.4) is 0 Å². The molecule has 2 rings (SSSR count). The Kier molecular flexibility index (Phi) is 4.99. The molecule has 0 aliphatic rings. The third kappa shape index (κ3) is 4.38. The van der Waals surface area contributed by atoms with E-state index in [1.54, 1.807) is 25.3 Å². The second kappa shape index (κ2) is 7.14.